The first kappa shape index (κ1) is 11.4. The van der Waals surface area contributed by atoms with Crippen molar-refractivity contribution in [3.05, 3.63) is 21.3 Å². The average Bonchev–Trinajstić information content (AvgIpc) is 2.47. The number of thiophene rings is 1. The van der Waals surface area contributed by atoms with E-state index in [1.807, 2.05) is 12.1 Å². The number of halogens is 1. The molecule has 0 aliphatic heterocycles. The Kier molecular flexibility index (Phi) is 4.24. The van der Waals surface area contributed by atoms with Gasteiger partial charge in [0.25, 0.3) is 0 Å². The highest BCUT2D eigenvalue weighted by atomic mass is 35.5. The van der Waals surface area contributed by atoms with Crippen molar-refractivity contribution >= 4 is 45.8 Å². The van der Waals surface area contributed by atoms with E-state index in [4.69, 9.17) is 28.5 Å². The van der Waals surface area contributed by atoms with E-state index >= 15 is 0 Å². The fraction of sp³-hybridized carbons (Fsp3) is 0.143. The number of nitrogens with zero attached hydrogens (tertiary/aromatic N) is 1. The minimum absolute atomic E-state index is 0.0910. The van der Waals surface area contributed by atoms with Crippen molar-refractivity contribution < 1.29 is 0 Å². The highest BCUT2D eigenvalue weighted by molar-refractivity contribution is 8.13. The van der Waals surface area contributed by atoms with E-state index in [2.05, 4.69) is 4.99 Å². The largest absolute Gasteiger partial charge is 0.370 e. The van der Waals surface area contributed by atoms with Crippen LogP contribution in [0.25, 0.3) is 0 Å². The summed E-state index contributed by atoms with van der Waals surface area (Å²) in [5.41, 5.74) is 10.2. The van der Waals surface area contributed by atoms with Crippen molar-refractivity contribution in [2.45, 2.75) is 5.75 Å². The first-order valence-corrected chi connectivity index (χ1v) is 5.81. The smallest absolute Gasteiger partial charge is 0.193 e. The van der Waals surface area contributed by atoms with Gasteiger partial charge in [-0.25, -0.2) is 0 Å². The normalized spacial score (nSPS) is 9.79. The summed E-state index contributed by atoms with van der Waals surface area (Å²) in [4.78, 5) is 4.68. The molecule has 76 valence electrons. The number of nitrogens with one attached hydrogen (secondary N) is 1. The van der Waals surface area contributed by atoms with E-state index in [1.54, 1.807) is 0 Å². The van der Waals surface area contributed by atoms with Crippen molar-refractivity contribution in [3.8, 4) is 0 Å². The van der Waals surface area contributed by atoms with Crippen LogP contribution in [0.15, 0.2) is 17.1 Å². The molecule has 0 unspecified atom stereocenters. The number of rotatable bonds is 2. The van der Waals surface area contributed by atoms with Crippen molar-refractivity contribution in [1.29, 1.82) is 5.41 Å². The number of hydrogen-bond donors (Lipinski definition) is 3. The summed E-state index contributed by atoms with van der Waals surface area (Å²) in [6, 6.07) is 3.75. The maximum atomic E-state index is 7.36. The number of amidine groups is 1. The second-order valence-corrected chi connectivity index (χ2v) is 5.10. The van der Waals surface area contributed by atoms with Crippen molar-refractivity contribution in [2.24, 2.45) is 16.5 Å². The molecule has 0 fully saturated rings. The second-order valence-electron chi connectivity index (χ2n) is 2.34. The molecular formula is C7H9ClN4S2. The molecule has 0 radical (unpaired) electrons. The van der Waals surface area contributed by atoms with Crippen molar-refractivity contribution in [1.82, 2.24) is 0 Å². The van der Waals surface area contributed by atoms with Crippen LogP contribution in [0, 0.1) is 5.41 Å². The van der Waals surface area contributed by atoms with Crippen molar-refractivity contribution in [2.75, 3.05) is 0 Å². The molecule has 1 aromatic heterocycles. The maximum absolute atomic E-state index is 7.36. The Labute approximate surface area is 94.9 Å². The average molecular weight is 249 g/mol. The number of nitrogens with two attached hydrogens (primary N) is 2. The van der Waals surface area contributed by atoms with Gasteiger partial charge in [-0.2, -0.15) is 4.99 Å². The summed E-state index contributed by atoms with van der Waals surface area (Å²) in [5, 5.41) is 7.47. The Morgan fingerprint density at radius 3 is 2.79 bits per heavy atom. The van der Waals surface area contributed by atoms with E-state index in [0.29, 0.717) is 5.75 Å². The van der Waals surface area contributed by atoms with E-state index in [9.17, 15) is 0 Å². The third-order valence-electron chi connectivity index (χ3n) is 1.21. The van der Waals surface area contributed by atoms with Gasteiger partial charge >= 0.3 is 0 Å². The predicted molar refractivity (Wildman–Crippen MR) is 64.2 cm³/mol. The molecule has 0 saturated carbocycles. The Hall–Kier alpha value is -0.720. The summed E-state index contributed by atoms with van der Waals surface area (Å²) in [6.45, 7) is 0. The van der Waals surface area contributed by atoms with Gasteiger partial charge in [0.15, 0.2) is 11.1 Å². The molecule has 0 aliphatic carbocycles. The topological polar surface area (TPSA) is 88.2 Å². The Balaban J connectivity index is 2.41. The highest BCUT2D eigenvalue weighted by Crippen LogP contribution is 2.25. The molecule has 1 rings (SSSR count). The van der Waals surface area contributed by atoms with Crippen molar-refractivity contribution in [3.63, 3.8) is 0 Å². The monoisotopic (exact) mass is 248 g/mol. The van der Waals surface area contributed by atoms with E-state index in [1.165, 1.54) is 23.1 Å². The highest BCUT2D eigenvalue weighted by Gasteiger charge is 2.01. The Morgan fingerprint density at radius 1 is 1.57 bits per heavy atom. The molecule has 0 aromatic carbocycles. The van der Waals surface area contributed by atoms with E-state index in [0.717, 1.165) is 9.21 Å². The SMILES string of the molecule is N=C(N=C(N)N)SCc1ccc(Cl)s1. The molecule has 1 aromatic rings. The summed E-state index contributed by atoms with van der Waals surface area (Å²) in [5.74, 6) is 0.569. The van der Waals surface area contributed by atoms with E-state index in [-0.39, 0.29) is 11.1 Å². The van der Waals surface area contributed by atoms with Gasteiger partial charge in [0, 0.05) is 10.6 Å². The van der Waals surface area contributed by atoms with Crippen LogP contribution in [0.2, 0.25) is 4.34 Å². The molecule has 14 heavy (non-hydrogen) atoms. The summed E-state index contributed by atoms with van der Waals surface area (Å²) in [7, 11) is 0. The second kappa shape index (κ2) is 5.23. The van der Waals surface area contributed by atoms with Crippen LogP contribution in [0.1, 0.15) is 4.88 Å². The lowest BCUT2D eigenvalue weighted by Crippen LogP contribution is -2.23. The minimum atomic E-state index is -0.0910. The Bertz CT molecular complexity index is 356. The van der Waals surface area contributed by atoms with Crippen LogP contribution >= 0.6 is 34.7 Å². The molecule has 0 atom stereocenters. The summed E-state index contributed by atoms with van der Waals surface area (Å²) in [6.07, 6.45) is 0. The number of thioether (sulfide) groups is 1. The fourth-order valence-corrected chi connectivity index (χ4v) is 2.56. The molecule has 0 spiro atoms. The van der Waals surface area contributed by atoms with Gasteiger partial charge < -0.3 is 11.5 Å². The van der Waals surface area contributed by atoms with Gasteiger partial charge in [-0.15, -0.1) is 11.3 Å². The number of guanidine groups is 1. The molecule has 5 N–H and O–H groups in total. The standard InChI is InChI=1S/C7H9ClN4S2/c8-5-2-1-4(14-5)3-13-7(11)12-6(9)10/h1-2H,3H2,(H5,9,10,11,12). The van der Waals surface area contributed by atoms with Crippen LogP contribution in [0.3, 0.4) is 0 Å². The third kappa shape index (κ3) is 3.99. The van der Waals surface area contributed by atoms with Crippen LogP contribution in [0.5, 0.6) is 0 Å². The van der Waals surface area contributed by atoms with Gasteiger partial charge in [0.05, 0.1) is 4.34 Å². The Morgan fingerprint density at radius 2 is 2.29 bits per heavy atom. The molecule has 0 amide bonds. The first-order valence-electron chi connectivity index (χ1n) is 3.63. The zero-order valence-corrected chi connectivity index (χ0v) is 9.55. The zero-order valence-electron chi connectivity index (χ0n) is 7.16. The van der Waals surface area contributed by atoms with Crippen LogP contribution in [0.4, 0.5) is 0 Å². The fourth-order valence-electron chi connectivity index (χ4n) is 0.718. The van der Waals surface area contributed by atoms with Gasteiger partial charge in [0.1, 0.15) is 0 Å². The maximum Gasteiger partial charge on any atom is 0.193 e. The van der Waals surface area contributed by atoms with E-state index < -0.39 is 0 Å². The minimum Gasteiger partial charge on any atom is -0.370 e. The van der Waals surface area contributed by atoms with Crippen LogP contribution < -0.4 is 11.5 Å². The van der Waals surface area contributed by atoms with Gasteiger partial charge in [-0.3, -0.25) is 5.41 Å². The molecule has 0 bridgehead atoms. The molecule has 7 heteroatoms. The molecule has 4 nitrogen and oxygen atoms in total. The predicted octanol–water partition coefficient (Wildman–Crippen LogP) is 1.84. The summed E-state index contributed by atoms with van der Waals surface area (Å²) < 4.78 is 0.744. The zero-order chi connectivity index (χ0) is 10.6. The quantitative estimate of drug-likeness (QED) is 0.551. The lowest BCUT2D eigenvalue weighted by atomic mass is 10.5. The number of hydrogen-bond acceptors (Lipinski definition) is 3. The van der Waals surface area contributed by atoms with Gasteiger partial charge in [-0.1, -0.05) is 23.4 Å². The lowest BCUT2D eigenvalue weighted by molar-refractivity contribution is 1.43. The van der Waals surface area contributed by atoms with Gasteiger partial charge in [0.2, 0.25) is 0 Å². The molecular weight excluding hydrogens is 240 g/mol. The molecule has 0 aliphatic rings. The van der Waals surface area contributed by atoms with Crippen LogP contribution in [-0.4, -0.2) is 11.1 Å². The first-order chi connectivity index (χ1) is 6.58. The van der Waals surface area contributed by atoms with Gasteiger partial charge in [-0.05, 0) is 12.1 Å². The number of aliphatic imine (C=N–C) groups is 1. The third-order valence-corrected chi connectivity index (χ3v) is 3.44. The molecule has 1 heterocycles. The molecule has 0 saturated heterocycles. The lowest BCUT2D eigenvalue weighted by Gasteiger charge is -1.96. The summed E-state index contributed by atoms with van der Waals surface area (Å²) >= 11 is 8.49. The van der Waals surface area contributed by atoms with Crippen LogP contribution in [-0.2, 0) is 5.75 Å².